The summed E-state index contributed by atoms with van der Waals surface area (Å²) in [5.74, 6) is 0.217. The Hall–Kier alpha value is -2.05. The maximum atomic E-state index is 11.7. The quantitative estimate of drug-likeness (QED) is 0.574. The Morgan fingerprint density at radius 2 is 2.17 bits per heavy atom. The van der Waals surface area contributed by atoms with Gasteiger partial charge < -0.3 is 15.0 Å². The van der Waals surface area contributed by atoms with E-state index in [0.29, 0.717) is 18.8 Å². The molecule has 2 rings (SSSR count). The average Bonchev–Trinajstić information content (AvgIpc) is 2.95. The summed E-state index contributed by atoms with van der Waals surface area (Å²) >= 11 is 1.36. The second-order valence-corrected chi connectivity index (χ2v) is 6.11. The molecule has 0 saturated heterocycles. The van der Waals surface area contributed by atoms with E-state index >= 15 is 0 Å². The molecule has 5 nitrogen and oxygen atoms in total. The van der Waals surface area contributed by atoms with Crippen LogP contribution in [0.3, 0.4) is 0 Å². The van der Waals surface area contributed by atoms with Gasteiger partial charge in [-0.2, -0.15) is 0 Å². The maximum Gasteiger partial charge on any atom is 0.230 e. The lowest BCUT2D eigenvalue weighted by Crippen LogP contribution is -2.25. The van der Waals surface area contributed by atoms with Crippen molar-refractivity contribution in [2.45, 2.75) is 25.2 Å². The molecule has 1 aromatic carbocycles. The lowest BCUT2D eigenvalue weighted by molar-refractivity contribution is -0.118. The van der Waals surface area contributed by atoms with Gasteiger partial charge in [-0.15, -0.1) is 6.58 Å². The molecular formula is C17H21N3O2S. The predicted octanol–water partition coefficient (Wildman–Crippen LogP) is 2.13. The zero-order valence-electron chi connectivity index (χ0n) is 13.2. The molecule has 0 aliphatic heterocycles. The van der Waals surface area contributed by atoms with Crippen molar-refractivity contribution in [1.29, 1.82) is 0 Å². The Kier molecular flexibility index (Phi) is 6.43. The highest BCUT2D eigenvalue weighted by molar-refractivity contribution is 7.99. The van der Waals surface area contributed by atoms with Gasteiger partial charge >= 0.3 is 0 Å². The van der Waals surface area contributed by atoms with Gasteiger partial charge in [-0.3, -0.25) is 4.79 Å². The summed E-state index contributed by atoms with van der Waals surface area (Å²) in [4.78, 5) is 16.1. The molecule has 23 heavy (non-hydrogen) atoms. The van der Waals surface area contributed by atoms with E-state index in [1.54, 1.807) is 6.08 Å². The van der Waals surface area contributed by atoms with Crippen molar-refractivity contribution in [3.63, 3.8) is 0 Å². The third-order valence-corrected chi connectivity index (χ3v) is 4.19. The van der Waals surface area contributed by atoms with Gasteiger partial charge in [0.2, 0.25) is 5.91 Å². The summed E-state index contributed by atoms with van der Waals surface area (Å²) in [7, 11) is 0. The topological polar surface area (TPSA) is 67.2 Å². The molecule has 0 saturated carbocycles. The number of nitrogens with one attached hydrogen (secondary N) is 1. The van der Waals surface area contributed by atoms with Gasteiger partial charge in [0.25, 0.3) is 0 Å². The molecule has 1 amide bonds. The summed E-state index contributed by atoms with van der Waals surface area (Å²) in [6.07, 6.45) is 3.47. The van der Waals surface area contributed by atoms with Crippen molar-refractivity contribution < 1.29 is 9.90 Å². The van der Waals surface area contributed by atoms with Crippen LogP contribution < -0.4 is 5.32 Å². The third kappa shape index (κ3) is 5.26. The number of hydrogen-bond acceptors (Lipinski definition) is 4. The zero-order chi connectivity index (χ0) is 16.7. The van der Waals surface area contributed by atoms with Gasteiger partial charge in [-0.05, 0) is 12.5 Å². The molecule has 6 heteroatoms. The number of amides is 1. The number of aliphatic hydroxyl groups excluding tert-OH is 1. The number of hydrogen-bond donors (Lipinski definition) is 2. The van der Waals surface area contributed by atoms with Crippen LogP contribution >= 0.6 is 11.8 Å². The summed E-state index contributed by atoms with van der Waals surface area (Å²) in [5, 5.41) is 12.8. The van der Waals surface area contributed by atoms with Gasteiger partial charge in [0.05, 0.1) is 18.1 Å². The average molecular weight is 331 g/mol. The number of carbonyl (C=O) groups is 1. The predicted molar refractivity (Wildman–Crippen MR) is 92.4 cm³/mol. The lowest BCUT2D eigenvalue weighted by atomic mass is 10.1. The van der Waals surface area contributed by atoms with E-state index in [0.717, 1.165) is 10.7 Å². The van der Waals surface area contributed by atoms with Crippen molar-refractivity contribution in [3.8, 4) is 0 Å². The van der Waals surface area contributed by atoms with Crippen molar-refractivity contribution in [2.24, 2.45) is 0 Å². The minimum absolute atomic E-state index is 0.0645. The molecule has 0 atom stereocenters. The Bertz CT molecular complexity index is 665. The van der Waals surface area contributed by atoms with Crippen molar-refractivity contribution in [1.82, 2.24) is 14.9 Å². The van der Waals surface area contributed by atoms with E-state index in [-0.39, 0.29) is 18.3 Å². The molecule has 0 aliphatic rings. The number of benzene rings is 1. The van der Waals surface area contributed by atoms with Crippen LogP contribution in [0.2, 0.25) is 0 Å². The first kappa shape index (κ1) is 17.3. The number of imidazole rings is 1. The normalized spacial score (nSPS) is 10.5. The van der Waals surface area contributed by atoms with E-state index in [4.69, 9.17) is 0 Å². The maximum absolute atomic E-state index is 11.7. The summed E-state index contributed by atoms with van der Waals surface area (Å²) < 4.78 is 1.96. The van der Waals surface area contributed by atoms with Crippen LogP contribution in [-0.2, 0) is 17.9 Å². The zero-order valence-corrected chi connectivity index (χ0v) is 14.0. The van der Waals surface area contributed by atoms with Gasteiger partial charge in [0.1, 0.15) is 0 Å². The fraction of sp³-hybridized carbons (Fsp3) is 0.294. The molecule has 0 unspecified atom stereocenters. The first-order valence-corrected chi connectivity index (χ1v) is 8.33. The summed E-state index contributed by atoms with van der Waals surface area (Å²) in [6, 6.07) is 8.27. The van der Waals surface area contributed by atoms with Crippen LogP contribution in [0.5, 0.6) is 0 Å². The number of aromatic nitrogens is 2. The van der Waals surface area contributed by atoms with Crippen LogP contribution in [0.4, 0.5) is 0 Å². The monoisotopic (exact) mass is 331 g/mol. The summed E-state index contributed by atoms with van der Waals surface area (Å²) in [5.41, 5.74) is 2.96. The molecule has 0 spiro atoms. The van der Waals surface area contributed by atoms with Gasteiger partial charge in [0.15, 0.2) is 5.16 Å². The Labute approximate surface area is 140 Å². The SMILES string of the molecule is C=CCNC(=O)CSc1nc(CO)cn1Cc1ccc(C)cc1. The molecule has 2 N–H and O–H groups in total. The van der Waals surface area contributed by atoms with E-state index < -0.39 is 0 Å². The largest absolute Gasteiger partial charge is 0.390 e. The molecule has 0 aliphatic carbocycles. The highest BCUT2D eigenvalue weighted by atomic mass is 32.2. The fourth-order valence-electron chi connectivity index (χ4n) is 2.01. The van der Waals surface area contributed by atoms with Crippen LogP contribution in [-0.4, -0.2) is 32.9 Å². The molecule has 1 aromatic heterocycles. The lowest BCUT2D eigenvalue weighted by Gasteiger charge is -2.08. The van der Waals surface area contributed by atoms with Crippen molar-refractivity contribution in [2.75, 3.05) is 12.3 Å². The van der Waals surface area contributed by atoms with Crippen LogP contribution in [0.15, 0.2) is 48.3 Å². The van der Waals surface area contributed by atoms with E-state index in [1.807, 2.05) is 17.7 Å². The van der Waals surface area contributed by atoms with Gasteiger partial charge in [-0.1, -0.05) is 47.7 Å². The highest BCUT2D eigenvalue weighted by Crippen LogP contribution is 2.19. The smallest absolute Gasteiger partial charge is 0.230 e. The van der Waals surface area contributed by atoms with Crippen molar-refractivity contribution in [3.05, 3.63) is 59.9 Å². The number of rotatable bonds is 8. The number of aliphatic hydroxyl groups is 1. The van der Waals surface area contributed by atoms with Gasteiger partial charge in [-0.25, -0.2) is 4.98 Å². The first-order valence-electron chi connectivity index (χ1n) is 7.35. The molecule has 0 fully saturated rings. The summed E-state index contributed by atoms with van der Waals surface area (Å²) in [6.45, 7) is 6.62. The molecule has 2 aromatic rings. The number of carbonyl (C=O) groups excluding carboxylic acids is 1. The Morgan fingerprint density at radius 3 is 2.83 bits per heavy atom. The number of aryl methyl sites for hydroxylation is 1. The molecule has 122 valence electrons. The van der Waals surface area contributed by atoms with E-state index in [2.05, 4.69) is 41.1 Å². The van der Waals surface area contributed by atoms with Crippen LogP contribution in [0.1, 0.15) is 16.8 Å². The van der Waals surface area contributed by atoms with Gasteiger partial charge in [0, 0.05) is 19.3 Å². The molecule has 1 heterocycles. The number of thioether (sulfide) groups is 1. The third-order valence-electron chi connectivity index (χ3n) is 3.20. The highest BCUT2D eigenvalue weighted by Gasteiger charge is 2.11. The minimum atomic E-state index is -0.114. The van der Waals surface area contributed by atoms with Crippen molar-refractivity contribution >= 4 is 17.7 Å². The van der Waals surface area contributed by atoms with E-state index in [9.17, 15) is 9.90 Å². The first-order chi connectivity index (χ1) is 11.1. The fourth-order valence-corrected chi connectivity index (χ4v) is 2.84. The molecule has 0 radical (unpaired) electrons. The van der Waals surface area contributed by atoms with E-state index in [1.165, 1.54) is 17.3 Å². The second kappa shape index (κ2) is 8.55. The minimum Gasteiger partial charge on any atom is -0.390 e. The molecule has 0 bridgehead atoms. The Morgan fingerprint density at radius 1 is 1.43 bits per heavy atom. The van der Waals surface area contributed by atoms with Crippen LogP contribution in [0.25, 0.3) is 0 Å². The standard InChI is InChI=1S/C17H21N3O2S/c1-3-8-18-16(22)12-23-17-19-15(11-21)10-20(17)9-14-6-4-13(2)5-7-14/h3-7,10,21H,1,8-9,11-12H2,2H3,(H,18,22). The molecular weight excluding hydrogens is 310 g/mol. The number of nitrogens with zero attached hydrogens (tertiary/aromatic N) is 2. The van der Waals surface area contributed by atoms with Crippen LogP contribution in [0, 0.1) is 6.92 Å². The Balaban J connectivity index is 2.06. The second-order valence-electron chi connectivity index (χ2n) is 5.17.